The van der Waals surface area contributed by atoms with Crippen molar-refractivity contribution < 1.29 is 24.0 Å². The van der Waals surface area contributed by atoms with Gasteiger partial charge in [0, 0.05) is 48.6 Å². The Balaban J connectivity index is 1.29. The van der Waals surface area contributed by atoms with Crippen LogP contribution in [0, 0.1) is 10.1 Å². The number of fused-ring (bicyclic) bond motifs is 1. The van der Waals surface area contributed by atoms with Crippen molar-refractivity contribution in [3.8, 4) is 11.5 Å². The van der Waals surface area contributed by atoms with E-state index in [1.54, 1.807) is 40.9 Å². The van der Waals surface area contributed by atoms with Gasteiger partial charge in [0.25, 0.3) is 17.5 Å². The summed E-state index contributed by atoms with van der Waals surface area (Å²) in [5.41, 5.74) is 0.773. The molecule has 32 heavy (non-hydrogen) atoms. The summed E-state index contributed by atoms with van der Waals surface area (Å²) in [4.78, 5) is 40.1. The van der Waals surface area contributed by atoms with Gasteiger partial charge in [-0.3, -0.25) is 19.7 Å². The average molecular weight is 455 g/mol. The molecule has 9 nitrogen and oxygen atoms in total. The molecule has 166 valence electrons. The van der Waals surface area contributed by atoms with Crippen LogP contribution >= 0.6 is 11.8 Å². The minimum Gasteiger partial charge on any atom is -0.454 e. The molecule has 0 saturated carbocycles. The zero-order chi connectivity index (χ0) is 22.3. The fourth-order valence-corrected chi connectivity index (χ4v) is 5.94. The highest BCUT2D eigenvalue weighted by atomic mass is 32.2. The molecule has 0 aromatic heterocycles. The van der Waals surface area contributed by atoms with E-state index >= 15 is 0 Å². The summed E-state index contributed by atoms with van der Waals surface area (Å²) in [6.07, 6.45) is 1.29. The highest BCUT2D eigenvalue weighted by Gasteiger charge is 2.47. The van der Waals surface area contributed by atoms with Gasteiger partial charge < -0.3 is 19.3 Å². The van der Waals surface area contributed by atoms with Crippen molar-refractivity contribution in [2.75, 3.05) is 32.2 Å². The molecule has 2 amide bonds. The van der Waals surface area contributed by atoms with Crippen molar-refractivity contribution in [3.05, 3.63) is 63.7 Å². The number of hydrogen-bond donors (Lipinski definition) is 0. The van der Waals surface area contributed by atoms with E-state index in [1.807, 2.05) is 4.90 Å². The van der Waals surface area contributed by atoms with Crippen LogP contribution in [0.15, 0.2) is 42.5 Å². The SMILES string of the molecule is O=C(c1ccc2c(c1)OCO2)N1CCC2(CC1)SCCN2C(=O)c1cccc([N+](=O)[O-])c1. The lowest BCUT2D eigenvalue weighted by Gasteiger charge is -2.44. The number of piperidine rings is 1. The first-order valence-electron chi connectivity index (χ1n) is 10.4. The third-order valence-electron chi connectivity index (χ3n) is 6.18. The Morgan fingerprint density at radius 2 is 1.72 bits per heavy atom. The first-order valence-corrected chi connectivity index (χ1v) is 11.3. The lowest BCUT2D eigenvalue weighted by atomic mass is 10.00. The molecule has 1 spiro atoms. The number of thioether (sulfide) groups is 1. The third kappa shape index (κ3) is 3.54. The van der Waals surface area contributed by atoms with E-state index in [0.29, 0.717) is 55.1 Å². The summed E-state index contributed by atoms with van der Waals surface area (Å²) in [7, 11) is 0. The molecule has 3 aliphatic rings. The summed E-state index contributed by atoms with van der Waals surface area (Å²) in [6.45, 7) is 1.80. The van der Waals surface area contributed by atoms with Gasteiger partial charge in [0.15, 0.2) is 11.5 Å². The minimum absolute atomic E-state index is 0.0716. The number of carbonyl (C=O) groups excluding carboxylic acids is 2. The molecule has 3 aliphatic heterocycles. The van der Waals surface area contributed by atoms with Crippen molar-refractivity contribution in [2.24, 2.45) is 0 Å². The molecule has 0 unspecified atom stereocenters. The number of carbonyl (C=O) groups is 2. The number of amides is 2. The van der Waals surface area contributed by atoms with Crippen LogP contribution in [-0.4, -0.2) is 63.6 Å². The second-order valence-electron chi connectivity index (χ2n) is 7.92. The second kappa shape index (κ2) is 8.01. The fourth-order valence-electron chi connectivity index (χ4n) is 4.49. The summed E-state index contributed by atoms with van der Waals surface area (Å²) in [5, 5.41) is 11.1. The van der Waals surface area contributed by atoms with Crippen LogP contribution in [0.3, 0.4) is 0 Å². The van der Waals surface area contributed by atoms with Gasteiger partial charge >= 0.3 is 0 Å². The van der Waals surface area contributed by atoms with Gasteiger partial charge in [0.1, 0.15) is 0 Å². The smallest absolute Gasteiger partial charge is 0.270 e. The maximum absolute atomic E-state index is 13.2. The first kappa shape index (κ1) is 20.6. The van der Waals surface area contributed by atoms with E-state index < -0.39 is 9.79 Å². The Labute approximate surface area is 188 Å². The normalized spacial score (nSPS) is 18.8. The van der Waals surface area contributed by atoms with E-state index in [2.05, 4.69) is 0 Å². The Kier molecular flexibility index (Phi) is 5.16. The predicted octanol–water partition coefficient (Wildman–Crippen LogP) is 3.15. The largest absolute Gasteiger partial charge is 0.454 e. The summed E-state index contributed by atoms with van der Waals surface area (Å²) in [5.74, 6) is 1.74. The number of benzene rings is 2. The third-order valence-corrected chi connectivity index (χ3v) is 7.73. The molecule has 0 bridgehead atoms. The molecule has 0 aliphatic carbocycles. The first-order chi connectivity index (χ1) is 15.5. The highest BCUT2D eigenvalue weighted by molar-refractivity contribution is 8.00. The number of hydrogen-bond acceptors (Lipinski definition) is 7. The van der Waals surface area contributed by atoms with Crippen molar-refractivity contribution in [2.45, 2.75) is 17.7 Å². The Morgan fingerprint density at radius 3 is 2.50 bits per heavy atom. The van der Waals surface area contributed by atoms with Crippen molar-refractivity contribution in [3.63, 3.8) is 0 Å². The zero-order valence-electron chi connectivity index (χ0n) is 17.2. The van der Waals surface area contributed by atoms with E-state index in [4.69, 9.17) is 9.47 Å². The van der Waals surface area contributed by atoms with Crippen LogP contribution in [0.1, 0.15) is 33.6 Å². The Morgan fingerprint density at radius 1 is 0.969 bits per heavy atom. The van der Waals surface area contributed by atoms with Crippen molar-refractivity contribution in [1.29, 1.82) is 0 Å². The maximum Gasteiger partial charge on any atom is 0.270 e. The monoisotopic (exact) mass is 455 g/mol. The Bertz CT molecular complexity index is 1100. The lowest BCUT2D eigenvalue weighted by molar-refractivity contribution is -0.384. The zero-order valence-corrected chi connectivity index (χ0v) is 18.0. The quantitative estimate of drug-likeness (QED) is 0.517. The van der Waals surface area contributed by atoms with Crippen LogP contribution < -0.4 is 9.47 Å². The number of ether oxygens (including phenoxy) is 2. The van der Waals surface area contributed by atoms with Gasteiger partial charge in [0.05, 0.1) is 9.79 Å². The molecule has 0 radical (unpaired) electrons. The van der Waals surface area contributed by atoms with Crippen molar-refractivity contribution in [1.82, 2.24) is 9.80 Å². The molecular weight excluding hydrogens is 434 g/mol. The van der Waals surface area contributed by atoms with Crippen molar-refractivity contribution >= 4 is 29.3 Å². The van der Waals surface area contributed by atoms with E-state index in [9.17, 15) is 19.7 Å². The molecule has 0 atom stereocenters. The number of nitrogens with zero attached hydrogens (tertiary/aromatic N) is 3. The molecule has 2 fully saturated rings. The van der Waals surface area contributed by atoms with Crippen LogP contribution in [0.25, 0.3) is 0 Å². The lowest BCUT2D eigenvalue weighted by Crippen LogP contribution is -2.53. The highest BCUT2D eigenvalue weighted by Crippen LogP contribution is 2.45. The molecule has 2 aromatic carbocycles. The standard InChI is InChI=1S/C22H21N3O6S/c26-20(16-4-5-18-19(13-16)31-14-30-18)23-8-6-22(7-9-23)24(10-11-32-22)21(27)15-2-1-3-17(12-15)25(28)29/h1-5,12-13H,6-11,14H2. The number of rotatable bonds is 3. The predicted molar refractivity (Wildman–Crippen MR) is 117 cm³/mol. The molecule has 0 N–H and O–H groups in total. The van der Waals surface area contributed by atoms with Gasteiger partial charge in [-0.1, -0.05) is 6.07 Å². The summed E-state index contributed by atoms with van der Waals surface area (Å²) < 4.78 is 10.7. The van der Waals surface area contributed by atoms with Gasteiger partial charge in [-0.25, -0.2) is 0 Å². The number of nitro benzene ring substituents is 1. The van der Waals surface area contributed by atoms with E-state index in [-0.39, 0.29) is 24.3 Å². The minimum atomic E-state index is -0.495. The topological polar surface area (TPSA) is 102 Å². The number of likely N-dealkylation sites (tertiary alicyclic amines) is 1. The van der Waals surface area contributed by atoms with Gasteiger partial charge in [-0.05, 0) is 37.1 Å². The van der Waals surface area contributed by atoms with Gasteiger partial charge in [0.2, 0.25) is 6.79 Å². The van der Waals surface area contributed by atoms with Crippen LogP contribution in [-0.2, 0) is 0 Å². The molecule has 2 saturated heterocycles. The second-order valence-corrected chi connectivity index (χ2v) is 9.38. The van der Waals surface area contributed by atoms with E-state index in [0.717, 1.165) is 5.75 Å². The average Bonchev–Trinajstić information content (AvgIpc) is 3.45. The number of nitro groups is 1. The van der Waals surface area contributed by atoms with Crippen LogP contribution in [0.5, 0.6) is 11.5 Å². The number of non-ortho nitro benzene ring substituents is 1. The van der Waals surface area contributed by atoms with Crippen LogP contribution in [0.2, 0.25) is 0 Å². The fraction of sp³-hybridized carbons (Fsp3) is 0.364. The molecule has 2 aromatic rings. The van der Waals surface area contributed by atoms with Gasteiger partial charge in [-0.2, -0.15) is 0 Å². The summed E-state index contributed by atoms with van der Waals surface area (Å²) >= 11 is 1.73. The van der Waals surface area contributed by atoms with Crippen LogP contribution in [0.4, 0.5) is 5.69 Å². The summed E-state index contributed by atoms with van der Waals surface area (Å²) in [6, 6.07) is 11.1. The van der Waals surface area contributed by atoms with E-state index in [1.165, 1.54) is 18.2 Å². The molecule has 5 rings (SSSR count). The molecular formula is C22H21N3O6S. The molecule has 3 heterocycles. The maximum atomic E-state index is 13.2. The van der Waals surface area contributed by atoms with Gasteiger partial charge in [-0.15, -0.1) is 11.8 Å². The Hall–Kier alpha value is -3.27. The molecule has 10 heteroatoms.